The van der Waals surface area contributed by atoms with Gasteiger partial charge in [-0.15, -0.1) is 0 Å². The van der Waals surface area contributed by atoms with Gasteiger partial charge in [0.05, 0.1) is 6.10 Å². The lowest BCUT2D eigenvalue weighted by Crippen LogP contribution is -2.15. The van der Waals surface area contributed by atoms with E-state index in [1.54, 1.807) is 0 Å². The monoisotopic (exact) mass is 282 g/mol. The second kappa shape index (κ2) is 13.9. The topological polar surface area (TPSA) is 9.23 Å². The van der Waals surface area contributed by atoms with Crippen LogP contribution in [0.1, 0.15) is 110 Å². The summed E-state index contributed by atoms with van der Waals surface area (Å²) >= 11 is 0. The van der Waals surface area contributed by atoms with Crippen LogP contribution >= 0.6 is 0 Å². The first-order chi connectivity index (χ1) is 9.93. The number of ether oxygens (including phenoxy) is 1. The first-order valence-corrected chi connectivity index (χ1v) is 9.55. The Labute approximate surface area is 127 Å². The lowest BCUT2D eigenvalue weighted by atomic mass is 10.0. The van der Waals surface area contributed by atoms with Gasteiger partial charge < -0.3 is 4.74 Å². The standard InChI is InChI=1S/C19H38O/c1-2-3-4-5-6-7-8-9-10-13-16-19-17-14-11-12-15-18-20-19/h19H,2-18H2,1H3. The van der Waals surface area contributed by atoms with E-state index in [-0.39, 0.29) is 0 Å². The molecule has 1 rings (SSSR count). The third-order valence-electron chi connectivity index (χ3n) is 4.65. The summed E-state index contributed by atoms with van der Waals surface area (Å²) in [6.07, 6.45) is 23.1. The normalized spacial score (nSPS) is 20.6. The summed E-state index contributed by atoms with van der Waals surface area (Å²) in [7, 11) is 0. The quantitative estimate of drug-likeness (QED) is 0.386. The molecule has 0 aromatic rings. The molecule has 20 heavy (non-hydrogen) atoms. The predicted molar refractivity (Wildman–Crippen MR) is 89.3 cm³/mol. The second-order valence-corrected chi connectivity index (χ2v) is 6.67. The van der Waals surface area contributed by atoms with Gasteiger partial charge >= 0.3 is 0 Å². The lowest BCUT2D eigenvalue weighted by molar-refractivity contribution is 0.0286. The molecule has 0 amide bonds. The minimum Gasteiger partial charge on any atom is -0.378 e. The Morgan fingerprint density at radius 3 is 2.00 bits per heavy atom. The molecule has 1 nitrogen and oxygen atoms in total. The molecule has 0 aliphatic carbocycles. The Kier molecular flexibility index (Phi) is 12.5. The van der Waals surface area contributed by atoms with Crippen molar-refractivity contribution < 1.29 is 4.74 Å². The molecule has 1 unspecified atom stereocenters. The van der Waals surface area contributed by atoms with Crippen molar-refractivity contribution in [2.24, 2.45) is 0 Å². The van der Waals surface area contributed by atoms with E-state index < -0.39 is 0 Å². The van der Waals surface area contributed by atoms with Gasteiger partial charge in [0.1, 0.15) is 0 Å². The maximum atomic E-state index is 5.97. The second-order valence-electron chi connectivity index (χ2n) is 6.67. The van der Waals surface area contributed by atoms with Crippen molar-refractivity contribution in [2.45, 2.75) is 116 Å². The van der Waals surface area contributed by atoms with Crippen LogP contribution in [0.4, 0.5) is 0 Å². The first kappa shape index (κ1) is 18.0. The minimum atomic E-state index is 0.587. The largest absolute Gasteiger partial charge is 0.378 e. The molecule has 0 spiro atoms. The average Bonchev–Trinajstić information content (AvgIpc) is 2.42. The molecule has 1 aliphatic rings. The van der Waals surface area contributed by atoms with Crippen molar-refractivity contribution in [1.29, 1.82) is 0 Å². The van der Waals surface area contributed by atoms with Gasteiger partial charge in [0, 0.05) is 6.61 Å². The number of hydrogen-bond acceptors (Lipinski definition) is 1. The van der Waals surface area contributed by atoms with Crippen molar-refractivity contribution in [3.05, 3.63) is 0 Å². The summed E-state index contributed by atoms with van der Waals surface area (Å²) in [6, 6.07) is 0. The number of unbranched alkanes of at least 4 members (excludes halogenated alkanes) is 9. The summed E-state index contributed by atoms with van der Waals surface area (Å²) in [5.41, 5.74) is 0. The highest BCUT2D eigenvalue weighted by Gasteiger charge is 2.10. The van der Waals surface area contributed by atoms with E-state index >= 15 is 0 Å². The molecule has 1 fully saturated rings. The zero-order valence-corrected chi connectivity index (χ0v) is 14.0. The van der Waals surface area contributed by atoms with Gasteiger partial charge in [0.2, 0.25) is 0 Å². The van der Waals surface area contributed by atoms with Crippen molar-refractivity contribution in [2.75, 3.05) is 6.61 Å². The minimum absolute atomic E-state index is 0.587. The maximum absolute atomic E-state index is 5.97. The van der Waals surface area contributed by atoms with Gasteiger partial charge in [-0.1, -0.05) is 90.4 Å². The van der Waals surface area contributed by atoms with Crippen LogP contribution in [0, 0.1) is 0 Å². The Hall–Kier alpha value is -0.0400. The predicted octanol–water partition coefficient (Wildman–Crippen LogP) is 6.65. The van der Waals surface area contributed by atoms with Crippen molar-refractivity contribution in [1.82, 2.24) is 0 Å². The molecule has 0 N–H and O–H groups in total. The third-order valence-corrected chi connectivity index (χ3v) is 4.65. The fraction of sp³-hybridized carbons (Fsp3) is 1.00. The van der Waals surface area contributed by atoms with Gasteiger partial charge in [-0.25, -0.2) is 0 Å². The summed E-state index contributed by atoms with van der Waals surface area (Å²) in [5, 5.41) is 0. The van der Waals surface area contributed by atoms with Gasteiger partial charge in [-0.05, 0) is 19.3 Å². The van der Waals surface area contributed by atoms with Gasteiger partial charge in [-0.3, -0.25) is 0 Å². The van der Waals surface area contributed by atoms with E-state index in [0.717, 1.165) is 6.61 Å². The van der Waals surface area contributed by atoms with Gasteiger partial charge in [0.15, 0.2) is 0 Å². The number of rotatable bonds is 11. The van der Waals surface area contributed by atoms with Crippen LogP contribution in [0.25, 0.3) is 0 Å². The highest BCUT2D eigenvalue weighted by molar-refractivity contribution is 4.62. The Bertz CT molecular complexity index is 182. The first-order valence-electron chi connectivity index (χ1n) is 9.55. The van der Waals surface area contributed by atoms with Crippen molar-refractivity contribution in [3.63, 3.8) is 0 Å². The highest BCUT2D eigenvalue weighted by atomic mass is 16.5. The molecular formula is C19H38O. The van der Waals surface area contributed by atoms with E-state index in [4.69, 9.17) is 4.74 Å². The molecule has 0 aromatic carbocycles. The SMILES string of the molecule is CCCCCCCCCCCCC1CCCCCCO1. The zero-order chi connectivity index (χ0) is 14.3. The average molecular weight is 283 g/mol. The Morgan fingerprint density at radius 1 is 0.700 bits per heavy atom. The van der Waals surface area contributed by atoms with Crippen LogP contribution in [0.3, 0.4) is 0 Å². The van der Waals surface area contributed by atoms with E-state index in [1.807, 2.05) is 0 Å². The molecular weight excluding hydrogens is 244 g/mol. The van der Waals surface area contributed by atoms with Crippen LogP contribution < -0.4 is 0 Å². The van der Waals surface area contributed by atoms with Crippen LogP contribution in [-0.2, 0) is 4.74 Å². The lowest BCUT2D eigenvalue weighted by Gasteiger charge is -2.20. The molecule has 1 aliphatic heterocycles. The van der Waals surface area contributed by atoms with Crippen molar-refractivity contribution >= 4 is 0 Å². The van der Waals surface area contributed by atoms with Crippen LogP contribution in [0.2, 0.25) is 0 Å². The molecule has 0 radical (unpaired) electrons. The summed E-state index contributed by atoms with van der Waals surface area (Å²) < 4.78 is 5.97. The fourth-order valence-corrected chi connectivity index (χ4v) is 3.25. The van der Waals surface area contributed by atoms with Crippen LogP contribution in [-0.4, -0.2) is 12.7 Å². The summed E-state index contributed by atoms with van der Waals surface area (Å²) in [6.45, 7) is 3.31. The molecule has 1 atom stereocenters. The van der Waals surface area contributed by atoms with E-state index in [2.05, 4.69) is 6.92 Å². The number of hydrogen-bond donors (Lipinski definition) is 0. The molecule has 0 bridgehead atoms. The maximum Gasteiger partial charge on any atom is 0.0575 e. The summed E-state index contributed by atoms with van der Waals surface area (Å²) in [5.74, 6) is 0. The van der Waals surface area contributed by atoms with Crippen molar-refractivity contribution in [3.8, 4) is 0 Å². The van der Waals surface area contributed by atoms with Gasteiger partial charge in [0.25, 0.3) is 0 Å². The molecule has 1 heterocycles. The summed E-state index contributed by atoms with van der Waals surface area (Å²) in [4.78, 5) is 0. The third kappa shape index (κ3) is 10.7. The highest BCUT2D eigenvalue weighted by Crippen LogP contribution is 2.19. The van der Waals surface area contributed by atoms with E-state index in [9.17, 15) is 0 Å². The molecule has 0 aromatic heterocycles. The molecule has 120 valence electrons. The van der Waals surface area contributed by atoms with Crippen LogP contribution in [0.5, 0.6) is 0 Å². The Morgan fingerprint density at radius 2 is 1.30 bits per heavy atom. The molecule has 0 saturated carbocycles. The Balaban J connectivity index is 1.81. The van der Waals surface area contributed by atoms with Gasteiger partial charge in [-0.2, -0.15) is 0 Å². The fourth-order valence-electron chi connectivity index (χ4n) is 3.25. The smallest absolute Gasteiger partial charge is 0.0575 e. The van der Waals surface area contributed by atoms with Crippen LogP contribution in [0.15, 0.2) is 0 Å². The van der Waals surface area contributed by atoms with E-state index in [1.165, 1.54) is 103 Å². The molecule has 1 heteroatoms. The zero-order valence-electron chi connectivity index (χ0n) is 14.0. The van der Waals surface area contributed by atoms with E-state index in [0.29, 0.717) is 6.10 Å². The molecule has 1 saturated heterocycles.